The van der Waals surface area contributed by atoms with Crippen LogP contribution >= 0.6 is 0 Å². The van der Waals surface area contributed by atoms with Crippen molar-refractivity contribution in [3.05, 3.63) is 0 Å². The first-order valence-corrected chi connectivity index (χ1v) is 8.47. The molecule has 1 rings (SSSR count). The molecule has 0 radical (unpaired) electrons. The predicted molar refractivity (Wildman–Crippen MR) is 70.4 cm³/mol. The molecule has 3 unspecified atom stereocenters. The molecule has 0 aromatic carbocycles. The minimum atomic E-state index is -3.23. The lowest BCUT2D eigenvalue weighted by atomic mass is 9.97. The van der Waals surface area contributed by atoms with Gasteiger partial charge in [0.15, 0.2) is 0 Å². The molecule has 19 heavy (non-hydrogen) atoms. The molecule has 0 bridgehead atoms. The third-order valence-corrected chi connectivity index (χ3v) is 4.57. The molecule has 0 aromatic rings. The molecule has 0 spiro atoms. The van der Waals surface area contributed by atoms with E-state index in [2.05, 4.69) is 5.32 Å². The largest absolute Gasteiger partial charge is 0.480 e. The molecule has 7 heteroatoms. The van der Waals surface area contributed by atoms with Crippen molar-refractivity contribution in [2.45, 2.75) is 38.6 Å². The maximum atomic E-state index is 12.0. The number of hydrogen-bond acceptors (Lipinski definition) is 4. The Bertz CT molecular complexity index is 445. The second kappa shape index (κ2) is 6.36. The fourth-order valence-electron chi connectivity index (χ4n) is 2.40. The first-order valence-electron chi connectivity index (χ1n) is 6.41. The van der Waals surface area contributed by atoms with Crippen molar-refractivity contribution in [3.63, 3.8) is 0 Å². The molecule has 110 valence electrons. The van der Waals surface area contributed by atoms with Crippen LogP contribution in [0.3, 0.4) is 0 Å². The minimum Gasteiger partial charge on any atom is -0.480 e. The van der Waals surface area contributed by atoms with Crippen LogP contribution in [0.25, 0.3) is 0 Å². The Labute approximate surface area is 113 Å². The van der Waals surface area contributed by atoms with E-state index in [9.17, 15) is 18.0 Å². The summed E-state index contributed by atoms with van der Waals surface area (Å²) >= 11 is 0. The average Bonchev–Trinajstić information content (AvgIpc) is 2.68. The van der Waals surface area contributed by atoms with Gasteiger partial charge in [0.05, 0.1) is 5.75 Å². The number of hydrogen-bond donors (Lipinski definition) is 2. The highest BCUT2D eigenvalue weighted by molar-refractivity contribution is 7.90. The molecule has 1 aliphatic carbocycles. The molecule has 0 saturated heterocycles. The Kier molecular flexibility index (Phi) is 5.34. The lowest BCUT2D eigenvalue weighted by Crippen LogP contribution is -2.45. The summed E-state index contributed by atoms with van der Waals surface area (Å²) in [6.45, 7) is 1.98. The maximum absolute atomic E-state index is 12.0. The van der Waals surface area contributed by atoms with Crippen LogP contribution in [-0.2, 0) is 19.4 Å². The Morgan fingerprint density at radius 2 is 2.00 bits per heavy atom. The summed E-state index contributed by atoms with van der Waals surface area (Å²) in [6, 6.07) is -1.13. The van der Waals surface area contributed by atoms with Crippen LogP contribution in [-0.4, -0.2) is 43.5 Å². The first-order chi connectivity index (χ1) is 8.70. The number of amides is 1. The van der Waals surface area contributed by atoms with Gasteiger partial charge < -0.3 is 10.4 Å². The van der Waals surface area contributed by atoms with Crippen molar-refractivity contribution in [1.82, 2.24) is 5.32 Å². The number of carbonyl (C=O) groups excluding carboxylic acids is 1. The fourth-order valence-corrected chi connectivity index (χ4v) is 3.07. The summed E-state index contributed by atoms with van der Waals surface area (Å²) in [4.78, 5) is 23.0. The van der Waals surface area contributed by atoms with E-state index in [1.54, 1.807) is 0 Å². The summed E-state index contributed by atoms with van der Waals surface area (Å²) < 4.78 is 22.1. The van der Waals surface area contributed by atoms with E-state index in [1.807, 2.05) is 6.92 Å². The number of carboxylic acid groups (broad SMARTS) is 1. The molecule has 2 N–H and O–H groups in total. The standard InChI is InChI=1S/C12H21NO5S/c1-8-4-3-5-9(8)11(14)13-10(12(15)16)6-7-19(2,17)18/h8-10H,3-7H2,1-2H3,(H,13,14)(H,15,16). The molecule has 6 nitrogen and oxygen atoms in total. The molecule has 0 heterocycles. The SMILES string of the molecule is CC1CCCC1C(=O)NC(CCS(C)(=O)=O)C(=O)O. The number of nitrogens with one attached hydrogen (secondary N) is 1. The molecular weight excluding hydrogens is 270 g/mol. The molecule has 0 aliphatic heterocycles. The quantitative estimate of drug-likeness (QED) is 0.739. The average molecular weight is 291 g/mol. The summed E-state index contributed by atoms with van der Waals surface area (Å²) in [5.41, 5.74) is 0. The third-order valence-electron chi connectivity index (χ3n) is 3.59. The molecule has 1 aliphatic rings. The van der Waals surface area contributed by atoms with Crippen LogP contribution in [0.2, 0.25) is 0 Å². The van der Waals surface area contributed by atoms with E-state index in [0.29, 0.717) is 0 Å². The van der Waals surface area contributed by atoms with Gasteiger partial charge in [-0.25, -0.2) is 13.2 Å². The van der Waals surface area contributed by atoms with Gasteiger partial charge in [-0.3, -0.25) is 4.79 Å². The van der Waals surface area contributed by atoms with Crippen molar-refractivity contribution < 1.29 is 23.1 Å². The van der Waals surface area contributed by atoms with Crippen LogP contribution in [0.15, 0.2) is 0 Å². The van der Waals surface area contributed by atoms with Gasteiger partial charge >= 0.3 is 5.97 Å². The van der Waals surface area contributed by atoms with E-state index in [1.165, 1.54) is 0 Å². The number of sulfone groups is 1. The first kappa shape index (κ1) is 15.9. The number of carbonyl (C=O) groups is 2. The van der Waals surface area contributed by atoms with Gasteiger partial charge in [-0.05, 0) is 25.2 Å². The fraction of sp³-hybridized carbons (Fsp3) is 0.833. The lowest BCUT2D eigenvalue weighted by Gasteiger charge is -2.19. The van der Waals surface area contributed by atoms with Gasteiger partial charge in [0, 0.05) is 12.2 Å². The Hall–Kier alpha value is -1.11. The van der Waals surface area contributed by atoms with Crippen LogP contribution in [0.4, 0.5) is 0 Å². The Morgan fingerprint density at radius 1 is 1.37 bits per heavy atom. The minimum absolute atomic E-state index is 0.0962. The molecule has 3 atom stereocenters. The van der Waals surface area contributed by atoms with Crippen molar-refractivity contribution >= 4 is 21.7 Å². The second-order valence-corrected chi connectivity index (χ2v) is 7.59. The number of rotatable bonds is 6. The van der Waals surface area contributed by atoms with Crippen LogP contribution in [0, 0.1) is 11.8 Å². The Balaban J connectivity index is 2.58. The monoisotopic (exact) mass is 291 g/mol. The molecule has 1 saturated carbocycles. The van der Waals surface area contributed by atoms with Gasteiger partial charge in [0.25, 0.3) is 0 Å². The van der Waals surface area contributed by atoms with Crippen LogP contribution in [0.5, 0.6) is 0 Å². The molecule has 1 fully saturated rings. The predicted octanol–water partition coefficient (Wildman–Crippen LogP) is 0.427. The highest BCUT2D eigenvalue weighted by Gasteiger charge is 2.32. The summed E-state index contributed by atoms with van der Waals surface area (Å²) in [5, 5.41) is 11.5. The van der Waals surface area contributed by atoms with E-state index >= 15 is 0 Å². The van der Waals surface area contributed by atoms with Crippen molar-refractivity contribution in [1.29, 1.82) is 0 Å². The lowest BCUT2D eigenvalue weighted by molar-refractivity contribution is -0.142. The normalized spacial score (nSPS) is 24.9. The van der Waals surface area contributed by atoms with Crippen LogP contribution < -0.4 is 5.32 Å². The zero-order chi connectivity index (χ0) is 14.6. The van der Waals surface area contributed by atoms with Gasteiger partial charge in [-0.15, -0.1) is 0 Å². The van der Waals surface area contributed by atoms with E-state index in [0.717, 1.165) is 25.5 Å². The molecule has 0 aromatic heterocycles. The number of aliphatic carboxylic acids is 1. The second-order valence-electron chi connectivity index (χ2n) is 5.33. The zero-order valence-electron chi connectivity index (χ0n) is 11.3. The topological polar surface area (TPSA) is 101 Å². The number of carboxylic acids is 1. The summed E-state index contributed by atoms with van der Waals surface area (Å²) in [6.07, 6.45) is 3.67. The van der Waals surface area contributed by atoms with Gasteiger partial charge in [-0.1, -0.05) is 13.3 Å². The summed E-state index contributed by atoms with van der Waals surface area (Å²) in [5.74, 6) is -1.61. The van der Waals surface area contributed by atoms with Crippen molar-refractivity contribution in [2.75, 3.05) is 12.0 Å². The smallest absolute Gasteiger partial charge is 0.326 e. The maximum Gasteiger partial charge on any atom is 0.326 e. The van der Waals surface area contributed by atoms with E-state index < -0.39 is 21.8 Å². The van der Waals surface area contributed by atoms with E-state index in [4.69, 9.17) is 5.11 Å². The van der Waals surface area contributed by atoms with Gasteiger partial charge in [0.1, 0.15) is 15.9 Å². The van der Waals surface area contributed by atoms with Crippen molar-refractivity contribution in [3.8, 4) is 0 Å². The third kappa shape index (κ3) is 5.18. The van der Waals surface area contributed by atoms with Gasteiger partial charge in [0.2, 0.25) is 5.91 Å². The van der Waals surface area contributed by atoms with Crippen molar-refractivity contribution in [2.24, 2.45) is 11.8 Å². The summed E-state index contributed by atoms with van der Waals surface area (Å²) in [7, 11) is -3.23. The molecule has 1 amide bonds. The molecular formula is C12H21NO5S. The van der Waals surface area contributed by atoms with E-state index in [-0.39, 0.29) is 29.9 Å². The highest BCUT2D eigenvalue weighted by atomic mass is 32.2. The Morgan fingerprint density at radius 3 is 2.42 bits per heavy atom. The highest BCUT2D eigenvalue weighted by Crippen LogP contribution is 2.31. The zero-order valence-corrected chi connectivity index (χ0v) is 12.1. The van der Waals surface area contributed by atoms with Crippen LogP contribution in [0.1, 0.15) is 32.6 Å². The van der Waals surface area contributed by atoms with Gasteiger partial charge in [-0.2, -0.15) is 0 Å².